The van der Waals surface area contributed by atoms with Crippen LogP contribution in [0, 0.1) is 5.92 Å². The lowest BCUT2D eigenvalue weighted by Gasteiger charge is -2.16. The Morgan fingerprint density at radius 1 is 0.941 bits per heavy atom. The van der Waals surface area contributed by atoms with Crippen molar-refractivity contribution in [3.05, 3.63) is 0 Å². The van der Waals surface area contributed by atoms with E-state index < -0.39 is 0 Å². The first-order valence-corrected chi connectivity index (χ1v) is 7.34. The molecule has 0 radical (unpaired) electrons. The molecule has 0 unspecified atom stereocenters. The maximum absolute atomic E-state index is 10.7. The highest BCUT2D eigenvalue weighted by Crippen LogP contribution is 2.20. The molecule has 0 aromatic heterocycles. The largest absolute Gasteiger partial charge is 0.466 e. The predicted octanol–water partition coefficient (Wildman–Crippen LogP) is 4.72. The molecular weight excluding hydrogens is 212 g/mol. The standard InChI is InChI=1S/C15H30O2/c1-4-6-8-10-15(11-9-7-5-2)12-13-17-14(3)16/h15H,4-13H2,1-3H3. The number of unbranched alkanes of at least 4 members (excludes halogenated alkanes) is 4. The van der Waals surface area contributed by atoms with Crippen molar-refractivity contribution < 1.29 is 9.53 Å². The van der Waals surface area contributed by atoms with Crippen molar-refractivity contribution in [3.63, 3.8) is 0 Å². The number of esters is 1. The summed E-state index contributed by atoms with van der Waals surface area (Å²) in [5.74, 6) is 0.610. The first-order valence-electron chi connectivity index (χ1n) is 7.34. The minimum Gasteiger partial charge on any atom is -0.466 e. The van der Waals surface area contributed by atoms with E-state index in [0.29, 0.717) is 6.61 Å². The van der Waals surface area contributed by atoms with Crippen LogP contribution in [0.3, 0.4) is 0 Å². The van der Waals surface area contributed by atoms with E-state index in [2.05, 4.69) is 13.8 Å². The van der Waals surface area contributed by atoms with Gasteiger partial charge < -0.3 is 4.74 Å². The molecular formula is C15H30O2. The van der Waals surface area contributed by atoms with Gasteiger partial charge in [0.2, 0.25) is 0 Å². The van der Waals surface area contributed by atoms with Crippen LogP contribution in [-0.4, -0.2) is 12.6 Å². The number of hydrogen-bond acceptors (Lipinski definition) is 2. The molecule has 0 N–H and O–H groups in total. The summed E-state index contributed by atoms with van der Waals surface area (Å²) in [6.45, 7) is 6.58. The smallest absolute Gasteiger partial charge is 0.302 e. The molecule has 0 saturated carbocycles. The molecule has 0 bridgehead atoms. The number of carbonyl (C=O) groups is 1. The molecule has 0 aliphatic heterocycles. The first-order chi connectivity index (χ1) is 8.20. The van der Waals surface area contributed by atoms with Crippen molar-refractivity contribution >= 4 is 5.97 Å². The quantitative estimate of drug-likeness (QED) is 0.387. The second kappa shape index (κ2) is 11.9. The van der Waals surface area contributed by atoms with Crippen molar-refractivity contribution in [3.8, 4) is 0 Å². The lowest BCUT2D eigenvalue weighted by molar-refractivity contribution is -0.141. The highest BCUT2D eigenvalue weighted by Gasteiger charge is 2.09. The predicted molar refractivity (Wildman–Crippen MR) is 73.0 cm³/mol. The van der Waals surface area contributed by atoms with E-state index >= 15 is 0 Å². The van der Waals surface area contributed by atoms with Gasteiger partial charge in [-0.1, -0.05) is 65.2 Å². The molecule has 0 aromatic rings. The fourth-order valence-corrected chi connectivity index (χ4v) is 2.17. The van der Waals surface area contributed by atoms with Crippen LogP contribution in [0.1, 0.15) is 78.6 Å². The molecule has 0 aliphatic rings. The molecule has 2 heteroatoms. The Balaban J connectivity index is 3.71. The molecule has 2 nitrogen and oxygen atoms in total. The second-order valence-corrected chi connectivity index (χ2v) is 4.99. The summed E-state index contributed by atoms with van der Waals surface area (Å²) in [5.41, 5.74) is 0. The minimum atomic E-state index is -0.147. The van der Waals surface area contributed by atoms with Gasteiger partial charge in [-0.15, -0.1) is 0 Å². The van der Waals surface area contributed by atoms with Crippen molar-refractivity contribution in [1.82, 2.24) is 0 Å². The molecule has 102 valence electrons. The van der Waals surface area contributed by atoms with Gasteiger partial charge in [0.1, 0.15) is 0 Å². The Morgan fingerprint density at radius 3 is 1.88 bits per heavy atom. The first kappa shape index (κ1) is 16.5. The second-order valence-electron chi connectivity index (χ2n) is 4.99. The van der Waals surface area contributed by atoms with Crippen LogP contribution in [0.15, 0.2) is 0 Å². The van der Waals surface area contributed by atoms with Gasteiger partial charge >= 0.3 is 5.97 Å². The lowest BCUT2D eigenvalue weighted by Crippen LogP contribution is -2.08. The molecule has 0 amide bonds. The van der Waals surface area contributed by atoms with Gasteiger partial charge in [0.25, 0.3) is 0 Å². The monoisotopic (exact) mass is 242 g/mol. The summed E-state index contributed by atoms with van der Waals surface area (Å²) in [5, 5.41) is 0. The lowest BCUT2D eigenvalue weighted by atomic mass is 9.92. The van der Waals surface area contributed by atoms with Crippen molar-refractivity contribution in [2.45, 2.75) is 78.6 Å². The maximum atomic E-state index is 10.7. The molecule has 0 saturated heterocycles. The van der Waals surface area contributed by atoms with Crippen LogP contribution < -0.4 is 0 Å². The minimum absolute atomic E-state index is 0.147. The highest BCUT2D eigenvalue weighted by atomic mass is 16.5. The van der Waals surface area contributed by atoms with Crippen molar-refractivity contribution in [1.29, 1.82) is 0 Å². The fourth-order valence-electron chi connectivity index (χ4n) is 2.17. The zero-order valence-electron chi connectivity index (χ0n) is 12.0. The van der Waals surface area contributed by atoms with Gasteiger partial charge in [-0.05, 0) is 12.3 Å². The van der Waals surface area contributed by atoms with Gasteiger partial charge in [0, 0.05) is 6.92 Å². The van der Waals surface area contributed by atoms with E-state index in [-0.39, 0.29) is 5.97 Å². The summed E-state index contributed by atoms with van der Waals surface area (Å²) in [6.07, 6.45) is 11.5. The van der Waals surface area contributed by atoms with Crippen molar-refractivity contribution in [2.75, 3.05) is 6.61 Å². The van der Waals surface area contributed by atoms with E-state index in [1.807, 2.05) is 0 Å². The van der Waals surface area contributed by atoms with E-state index in [0.717, 1.165) is 12.3 Å². The van der Waals surface area contributed by atoms with E-state index in [1.54, 1.807) is 0 Å². The molecule has 0 aliphatic carbocycles. The van der Waals surface area contributed by atoms with Gasteiger partial charge in [-0.25, -0.2) is 0 Å². The number of rotatable bonds is 11. The molecule has 17 heavy (non-hydrogen) atoms. The van der Waals surface area contributed by atoms with Gasteiger partial charge in [0.15, 0.2) is 0 Å². The average molecular weight is 242 g/mol. The van der Waals surface area contributed by atoms with Gasteiger partial charge in [-0.3, -0.25) is 4.79 Å². The number of hydrogen-bond donors (Lipinski definition) is 0. The Kier molecular flexibility index (Phi) is 11.6. The Labute approximate surface area is 107 Å². The average Bonchev–Trinajstić information content (AvgIpc) is 2.28. The number of carbonyl (C=O) groups excluding carboxylic acids is 1. The van der Waals surface area contributed by atoms with Crippen molar-refractivity contribution in [2.24, 2.45) is 5.92 Å². The van der Waals surface area contributed by atoms with Crippen LogP contribution in [0.5, 0.6) is 0 Å². The summed E-state index contributed by atoms with van der Waals surface area (Å²) in [7, 11) is 0. The van der Waals surface area contributed by atoms with Crippen LogP contribution in [0.25, 0.3) is 0 Å². The maximum Gasteiger partial charge on any atom is 0.302 e. The molecule has 0 spiro atoms. The normalized spacial score (nSPS) is 10.8. The number of ether oxygens (including phenoxy) is 1. The van der Waals surface area contributed by atoms with E-state index in [4.69, 9.17) is 4.74 Å². The third kappa shape index (κ3) is 11.7. The summed E-state index contributed by atoms with van der Waals surface area (Å²) < 4.78 is 5.05. The van der Waals surface area contributed by atoms with Gasteiger partial charge in [-0.2, -0.15) is 0 Å². The third-order valence-corrected chi connectivity index (χ3v) is 3.26. The highest BCUT2D eigenvalue weighted by molar-refractivity contribution is 5.65. The molecule has 0 aromatic carbocycles. The summed E-state index contributed by atoms with van der Waals surface area (Å²) in [6, 6.07) is 0. The zero-order chi connectivity index (χ0) is 12.9. The zero-order valence-corrected chi connectivity index (χ0v) is 12.0. The Morgan fingerprint density at radius 2 is 1.47 bits per heavy atom. The van der Waals surface area contributed by atoms with Crippen LogP contribution in [0.4, 0.5) is 0 Å². The summed E-state index contributed by atoms with van der Waals surface area (Å²) >= 11 is 0. The van der Waals surface area contributed by atoms with Crippen LogP contribution in [0.2, 0.25) is 0 Å². The summed E-state index contributed by atoms with van der Waals surface area (Å²) in [4.78, 5) is 10.7. The molecule has 0 heterocycles. The van der Waals surface area contributed by atoms with Crippen LogP contribution >= 0.6 is 0 Å². The fraction of sp³-hybridized carbons (Fsp3) is 0.933. The SMILES string of the molecule is CCCCCC(CCCCC)CCOC(C)=O. The molecule has 0 atom stereocenters. The van der Waals surface area contributed by atoms with Gasteiger partial charge in [0.05, 0.1) is 6.61 Å². The topological polar surface area (TPSA) is 26.3 Å². The Hall–Kier alpha value is -0.530. The van der Waals surface area contributed by atoms with Crippen LogP contribution in [-0.2, 0) is 9.53 Å². The van der Waals surface area contributed by atoms with E-state index in [9.17, 15) is 4.79 Å². The molecule has 0 rings (SSSR count). The Bertz CT molecular complexity index is 168. The van der Waals surface area contributed by atoms with E-state index in [1.165, 1.54) is 58.3 Å². The molecule has 0 fully saturated rings. The third-order valence-electron chi connectivity index (χ3n) is 3.26.